The fourth-order valence-electron chi connectivity index (χ4n) is 2.67. The molecule has 1 aromatic rings. The lowest BCUT2D eigenvalue weighted by Gasteiger charge is -2.37. The zero-order chi connectivity index (χ0) is 13.8. The first kappa shape index (κ1) is 14.7. The summed E-state index contributed by atoms with van der Waals surface area (Å²) < 4.78 is 7.52. The summed E-state index contributed by atoms with van der Waals surface area (Å²) in [6.45, 7) is 4.11. The average Bonchev–Trinajstić information content (AvgIpc) is 2.85. The van der Waals surface area contributed by atoms with Crippen LogP contribution in [0.15, 0.2) is 6.20 Å². The van der Waals surface area contributed by atoms with Crippen LogP contribution < -0.4 is 10.1 Å². The van der Waals surface area contributed by atoms with Gasteiger partial charge < -0.3 is 10.1 Å². The summed E-state index contributed by atoms with van der Waals surface area (Å²) in [5, 5.41) is 7.88. The second kappa shape index (κ2) is 6.63. The lowest BCUT2D eigenvalue weighted by atomic mass is 10.0. The highest BCUT2D eigenvalue weighted by atomic mass is 32.2. The Balaban J connectivity index is 2.32. The predicted octanol–water partition coefficient (Wildman–Crippen LogP) is 1.22. The number of rotatable bonds is 5. The number of hydrogen-bond acceptors (Lipinski definition) is 5. The van der Waals surface area contributed by atoms with E-state index >= 15 is 0 Å². The molecule has 6 heteroatoms. The summed E-state index contributed by atoms with van der Waals surface area (Å²) in [5.41, 5.74) is 1.16. The molecule has 2 unspecified atom stereocenters. The van der Waals surface area contributed by atoms with Gasteiger partial charge in [-0.05, 0) is 21.0 Å². The van der Waals surface area contributed by atoms with Crippen LogP contribution in [-0.4, -0.2) is 60.0 Å². The van der Waals surface area contributed by atoms with Gasteiger partial charge in [0.25, 0.3) is 0 Å². The Kier molecular flexibility index (Phi) is 5.13. The van der Waals surface area contributed by atoms with Crippen LogP contribution in [0.3, 0.4) is 0 Å². The molecule has 1 saturated heterocycles. The molecule has 0 bridgehead atoms. The normalized spacial score (nSPS) is 22.4. The highest BCUT2D eigenvalue weighted by Gasteiger charge is 2.32. The Morgan fingerprint density at radius 2 is 2.42 bits per heavy atom. The molecule has 1 aliphatic rings. The minimum Gasteiger partial charge on any atom is -0.493 e. The fraction of sp³-hybridized carbons (Fsp3) is 0.769. The molecule has 0 aliphatic carbocycles. The number of nitrogens with one attached hydrogen (secondary N) is 1. The number of aromatic nitrogens is 2. The van der Waals surface area contributed by atoms with Crippen LogP contribution in [-0.2, 0) is 6.54 Å². The molecule has 1 aromatic heterocycles. The van der Waals surface area contributed by atoms with Gasteiger partial charge in [-0.15, -0.1) is 0 Å². The Hall–Kier alpha value is -0.720. The van der Waals surface area contributed by atoms with Crippen LogP contribution in [0.2, 0.25) is 0 Å². The molecule has 0 amide bonds. The lowest BCUT2D eigenvalue weighted by Crippen LogP contribution is -2.47. The maximum absolute atomic E-state index is 5.49. The fourth-order valence-corrected chi connectivity index (χ4v) is 3.94. The highest BCUT2D eigenvalue weighted by Crippen LogP contribution is 2.32. The number of nitrogens with zero attached hydrogens (tertiary/aromatic N) is 3. The zero-order valence-corrected chi connectivity index (χ0v) is 13.0. The van der Waals surface area contributed by atoms with Gasteiger partial charge in [-0.1, -0.05) is 0 Å². The molecule has 1 fully saturated rings. The first-order valence-electron chi connectivity index (χ1n) is 6.77. The SMILES string of the molecule is CCn1ncc(OC)c1C(NC)C1CSCCN1C. The molecule has 108 valence electrons. The minimum atomic E-state index is 0.246. The zero-order valence-electron chi connectivity index (χ0n) is 12.2. The Morgan fingerprint density at radius 1 is 1.63 bits per heavy atom. The van der Waals surface area contributed by atoms with Crippen LogP contribution in [0.25, 0.3) is 0 Å². The summed E-state index contributed by atoms with van der Waals surface area (Å²) in [7, 11) is 5.94. The quantitative estimate of drug-likeness (QED) is 0.880. The van der Waals surface area contributed by atoms with Crippen molar-refractivity contribution in [1.29, 1.82) is 0 Å². The van der Waals surface area contributed by atoms with Crippen molar-refractivity contribution >= 4 is 11.8 Å². The molecule has 0 spiro atoms. The third-order valence-electron chi connectivity index (χ3n) is 3.80. The van der Waals surface area contributed by atoms with Crippen molar-refractivity contribution < 1.29 is 4.74 Å². The third kappa shape index (κ3) is 2.90. The molecule has 2 atom stereocenters. The van der Waals surface area contributed by atoms with E-state index in [1.165, 1.54) is 5.75 Å². The summed E-state index contributed by atoms with van der Waals surface area (Å²) in [5.74, 6) is 3.23. The predicted molar refractivity (Wildman–Crippen MR) is 80.0 cm³/mol. The van der Waals surface area contributed by atoms with Gasteiger partial charge in [0.2, 0.25) is 0 Å². The molecule has 0 saturated carbocycles. The van der Waals surface area contributed by atoms with Crippen LogP contribution in [0.5, 0.6) is 5.75 Å². The maximum atomic E-state index is 5.49. The van der Waals surface area contributed by atoms with E-state index in [-0.39, 0.29) is 6.04 Å². The monoisotopic (exact) mass is 284 g/mol. The first-order chi connectivity index (χ1) is 9.22. The maximum Gasteiger partial charge on any atom is 0.161 e. The molecule has 0 aromatic carbocycles. The lowest BCUT2D eigenvalue weighted by molar-refractivity contribution is 0.212. The van der Waals surface area contributed by atoms with E-state index in [0.29, 0.717) is 6.04 Å². The second-order valence-electron chi connectivity index (χ2n) is 4.80. The van der Waals surface area contributed by atoms with Gasteiger partial charge in [0.1, 0.15) is 0 Å². The number of ether oxygens (including phenoxy) is 1. The molecule has 1 aliphatic heterocycles. The second-order valence-corrected chi connectivity index (χ2v) is 5.95. The first-order valence-corrected chi connectivity index (χ1v) is 7.93. The summed E-state index contributed by atoms with van der Waals surface area (Å²) >= 11 is 2.02. The number of thioether (sulfide) groups is 1. The average molecular weight is 284 g/mol. The number of likely N-dealkylation sites (N-methyl/N-ethyl adjacent to an activating group) is 2. The summed E-state index contributed by atoms with van der Waals surface area (Å²) in [6.07, 6.45) is 1.82. The summed E-state index contributed by atoms with van der Waals surface area (Å²) in [4.78, 5) is 2.43. The van der Waals surface area contributed by atoms with E-state index in [1.54, 1.807) is 7.11 Å². The van der Waals surface area contributed by atoms with Crippen molar-refractivity contribution in [3.8, 4) is 5.75 Å². The van der Waals surface area contributed by atoms with Crippen molar-refractivity contribution in [1.82, 2.24) is 20.0 Å². The van der Waals surface area contributed by atoms with Gasteiger partial charge in [-0.3, -0.25) is 9.58 Å². The van der Waals surface area contributed by atoms with Gasteiger partial charge in [-0.2, -0.15) is 16.9 Å². The Bertz CT molecular complexity index is 388. The molecule has 19 heavy (non-hydrogen) atoms. The molecule has 1 N–H and O–H groups in total. The number of aryl methyl sites for hydroxylation is 1. The Morgan fingerprint density at radius 3 is 3.00 bits per heavy atom. The molecule has 5 nitrogen and oxygen atoms in total. The van der Waals surface area contributed by atoms with Crippen LogP contribution in [0.1, 0.15) is 18.7 Å². The van der Waals surface area contributed by atoms with E-state index in [9.17, 15) is 0 Å². The van der Waals surface area contributed by atoms with Gasteiger partial charge in [0.15, 0.2) is 5.75 Å². The third-order valence-corrected chi connectivity index (χ3v) is 4.85. The van der Waals surface area contributed by atoms with Crippen LogP contribution in [0.4, 0.5) is 0 Å². The molecule has 2 heterocycles. The van der Waals surface area contributed by atoms with Crippen LogP contribution >= 0.6 is 11.8 Å². The van der Waals surface area contributed by atoms with Gasteiger partial charge >= 0.3 is 0 Å². The smallest absolute Gasteiger partial charge is 0.161 e. The van der Waals surface area contributed by atoms with E-state index in [2.05, 4.69) is 29.3 Å². The standard InChI is InChI=1S/C13H24N4OS/c1-5-17-13(11(18-4)8-15-17)12(14-2)10-9-19-7-6-16(10)3/h8,10,12,14H,5-7,9H2,1-4H3. The van der Waals surface area contributed by atoms with E-state index < -0.39 is 0 Å². The topological polar surface area (TPSA) is 42.3 Å². The Labute approximate surface area is 119 Å². The molecular weight excluding hydrogens is 260 g/mol. The summed E-state index contributed by atoms with van der Waals surface area (Å²) in [6, 6.07) is 0.717. The van der Waals surface area contributed by atoms with E-state index in [4.69, 9.17) is 4.74 Å². The van der Waals surface area contributed by atoms with Gasteiger partial charge in [0, 0.05) is 30.6 Å². The van der Waals surface area contributed by atoms with Crippen molar-refractivity contribution in [3.63, 3.8) is 0 Å². The van der Waals surface area contributed by atoms with Crippen LogP contribution in [0, 0.1) is 0 Å². The highest BCUT2D eigenvalue weighted by molar-refractivity contribution is 7.99. The molecule has 2 rings (SSSR count). The minimum absolute atomic E-state index is 0.246. The van der Waals surface area contributed by atoms with Crippen molar-refractivity contribution in [3.05, 3.63) is 11.9 Å². The van der Waals surface area contributed by atoms with E-state index in [0.717, 1.165) is 30.3 Å². The van der Waals surface area contributed by atoms with Gasteiger partial charge in [0.05, 0.1) is 25.0 Å². The number of methoxy groups -OCH3 is 1. The molecule has 0 radical (unpaired) electrons. The number of hydrogen-bond donors (Lipinski definition) is 1. The van der Waals surface area contributed by atoms with Crippen molar-refractivity contribution in [2.45, 2.75) is 25.6 Å². The van der Waals surface area contributed by atoms with E-state index in [1.807, 2.05) is 29.7 Å². The van der Waals surface area contributed by atoms with Crippen molar-refractivity contribution in [2.75, 3.05) is 39.3 Å². The van der Waals surface area contributed by atoms with Crippen molar-refractivity contribution in [2.24, 2.45) is 0 Å². The largest absolute Gasteiger partial charge is 0.493 e. The van der Waals surface area contributed by atoms with Gasteiger partial charge in [-0.25, -0.2) is 0 Å². The molecular formula is C13H24N4OS.